The minimum Gasteiger partial charge on any atom is -0.768 e. The molecule has 0 bridgehead atoms. The molecule has 7 heteroatoms. The molecule has 0 aliphatic rings. The van der Waals surface area contributed by atoms with E-state index in [-0.39, 0.29) is 34.5 Å². The molecule has 0 N–H and O–H groups in total. The van der Waals surface area contributed by atoms with Crippen LogP contribution in [-0.4, -0.2) is 30.1 Å². The van der Waals surface area contributed by atoms with Crippen molar-refractivity contribution >= 4 is 11.1 Å². The van der Waals surface area contributed by atoms with Crippen molar-refractivity contribution in [1.29, 1.82) is 0 Å². The summed E-state index contributed by atoms with van der Waals surface area (Å²) in [5.74, 6) is 1.00. The predicted molar refractivity (Wildman–Crippen MR) is 53.3 cm³/mol. The number of hydrogen-bond donors (Lipinski definition) is 0. The SMILES string of the molecule is COc1cc(S(=O)[O-])cc(OC)c1OC.[Na+]. The summed E-state index contributed by atoms with van der Waals surface area (Å²) in [6.07, 6.45) is 0. The molecule has 0 aromatic heterocycles. The van der Waals surface area contributed by atoms with E-state index < -0.39 is 11.1 Å². The molecule has 0 fully saturated rings. The van der Waals surface area contributed by atoms with Crippen LogP contribution in [0.3, 0.4) is 0 Å². The summed E-state index contributed by atoms with van der Waals surface area (Å²) in [6, 6.07) is 2.73. The van der Waals surface area contributed by atoms with Crippen LogP contribution in [0.4, 0.5) is 0 Å². The molecule has 0 spiro atoms. The third kappa shape index (κ3) is 3.36. The number of benzene rings is 1. The van der Waals surface area contributed by atoms with Gasteiger partial charge in [-0.15, -0.1) is 0 Å². The van der Waals surface area contributed by atoms with Crippen molar-refractivity contribution in [3.8, 4) is 17.2 Å². The molecule has 1 unspecified atom stereocenters. The fourth-order valence-electron chi connectivity index (χ4n) is 1.15. The second-order valence-electron chi connectivity index (χ2n) is 2.60. The quantitative estimate of drug-likeness (QED) is 0.457. The molecule has 0 radical (unpaired) electrons. The Balaban J connectivity index is 0.00000225. The summed E-state index contributed by atoms with van der Waals surface area (Å²) in [7, 11) is 4.30. The molecule has 0 heterocycles. The molecule has 1 aromatic carbocycles. The maximum Gasteiger partial charge on any atom is 1.00 e. The van der Waals surface area contributed by atoms with E-state index in [1.165, 1.54) is 33.5 Å². The monoisotopic (exact) mass is 254 g/mol. The average Bonchev–Trinajstić information content (AvgIpc) is 2.26. The van der Waals surface area contributed by atoms with Crippen LogP contribution in [-0.2, 0) is 11.1 Å². The van der Waals surface area contributed by atoms with Gasteiger partial charge >= 0.3 is 29.6 Å². The Labute approximate surface area is 119 Å². The topological polar surface area (TPSA) is 67.8 Å². The van der Waals surface area contributed by atoms with Gasteiger partial charge in [-0.3, -0.25) is 4.21 Å². The van der Waals surface area contributed by atoms with Crippen LogP contribution in [0.5, 0.6) is 17.2 Å². The van der Waals surface area contributed by atoms with Gasteiger partial charge in [0.05, 0.1) is 21.3 Å². The standard InChI is InChI=1S/C9H12O5S.Na/c1-12-7-4-6(15(10)11)5-8(13-2)9(7)14-3;/h4-5H,1-3H3,(H,10,11);/q;+1/p-1. The summed E-state index contributed by atoms with van der Waals surface area (Å²) in [4.78, 5) is 0.0875. The first kappa shape index (κ1) is 15.7. The first-order valence-electron chi connectivity index (χ1n) is 4.03. The van der Waals surface area contributed by atoms with Gasteiger partial charge in [0.1, 0.15) is 0 Å². The third-order valence-corrected chi connectivity index (χ3v) is 2.45. The smallest absolute Gasteiger partial charge is 0.768 e. The Morgan fingerprint density at radius 3 is 1.75 bits per heavy atom. The van der Waals surface area contributed by atoms with Gasteiger partial charge in [-0.2, -0.15) is 0 Å². The fraction of sp³-hybridized carbons (Fsp3) is 0.333. The summed E-state index contributed by atoms with van der Waals surface area (Å²) >= 11 is -2.33. The summed E-state index contributed by atoms with van der Waals surface area (Å²) in [6.45, 7) is 0. The third-order valence-electron chi connectivity index (χ3n) is 1.83. The predicted octanol–water partition coefficient (Wildman–Crippen LogP) is -2.05. The van der Waals surface area contributed by atoms with Crippen LogP contribution in [0.15, 0.2) is 17.0 Å². The number of rotatable bonds is 4. The zero-order valence-electron chi connectivity index (χ0n) is 9.60. The minimum absolute atomic E-state index is 0. The van der Waals surface area contributed by atoms with Crippen molar-refractivity contribution in [3.05, 3.63) is 12.1 Å². The largest absolute Gasteiger partial charge is 1.00 e. The Bertz CT molecular complexity index is 357. The van der Waals surface area contributed by atoms with Gasteiger partial charge in [0.15, 0.2) is 11.5 Å². The van der Waals surface area contributed by atoms with E-state index >= 15 is 0 Å². The van der Waals surface area contributed by atoms with Crippen molar-refractivity contribution in [3.63, 3.8) is 0 Å². The summed E-state index contributed by atoms with van der Waals surface area (Å²) in [5, 5.41) is 0. The molecule has 0 aliphatic carbocycles. The second kappa shape index (κ2) is 7.13. The van der Waals surface area contributed by atoms with Crippen molar-refractivity contribution in [1.82, 2.24) is 0 Å². The molecule has 1 atom stereocenters. The molecule has 1 rings (SSSR count). The van der Waals surface area contributed by atoms with Crippen LogP contribution >= 0.6 is 0 Å². The molecule has 16 heavy (non-hydrogen) atoms. The zero-order valence-corrected chi connectivity index (χ0v) is 12.4. The maximum absolute atomic E-state index is 10.8. The van der Waals surface area contributed by atoms with Gasteiger partial charge in [-0.05, 0) is 23.2 Å². The second-order valence-corrected chi connectivity index (χ2v) is 3.54. The van der Waals surface area contributed by atoms with E-state index in [4.69, 9.17) is 14.2 Å². The minimum atomic E-state index is -2.33. The van der Waals surface area contributed by atoms with Crippen molar-refractivity contribution < 1.29 is 52.5 Å². The van der Waals surface area contributed by atoms with Crippen molar-refractivity contribution in [2.45, 2.75) is 4.90 Å². The van der Waals surface area contributed by atoms with E-state index in [2.05, 4.69) is 0 Å². The van der Waals surface area contributed by atoms with E-state index in [0.717, 1.165) is 0 Å². The van der Waals surface area contributed by atoms with Gasteiger partial charge in [-0.1, -0.05) is 0 Å². The van der Waals surface area contributed by atoms with Crippen LogP contribution in [0.25, 0.3) is 0 Å². The first-order chi connectivity index (χ1) is 7.13. The normalized spacial score (nSPS) is 11.2. The molecular weight excluding hydrogens is 243 g/mol. The molecule has 0 saturated carbocycles. The fourth-order valence-corrected chi connectivity index (χ4v) is 1.56. The van der Waals surface area contributed by atoms with E-state index in [9.17, 15) is 8.76 Å². The van der Waals surface area contributed by atoms with Gasteiger partial charge in [-0.25, -0.2) is 0 Å². The van der Waals surface area contributed by atoms with Gasteiger partial charge < -0.3 is 18.8 Å². The summed E-state index contributed by atoms with van der Waals surface area (Å²) in [5.41, 5.74) is 0. The Morgan fingerprint density at radius 2 is 1.50 bits per heavy atom. The molecule has 84 valence electrons. The van der Waals surface area contributed by atoms with Gasteiger partial charge in [0.2, 0.25) is 5.75 Å². The molecule has 5 nitrogen and oxygen atoms in total. The molecule has 0 amide bonds. The van der Waals surface area contributed by atoms with Crippen LogP contribution in [0, 0.1) is 0 Å². The van der Waals surface area contributed by atoms with Crippen molar-refractivity contribution in [2.75, 3.05) is 21.3 Å². The van der Waals surface area contributed by atoms with E-state index in [1.807, 2.05) is 0 Å². The molecule has 0 saturated heterocycles. The Hall–Kier alpha value is -0.270. The number of methoxy groups -OCH3 is 3. The van der Waals surface area contributed by atoms with Gasteiger partial charge in [0, 0.05) is 4.90 Å². The maximum atomic E-state index is 10.8. The molecule has 0 aliphatic heterocycles. The molecule has 1 aromatic rings. The average molecular weight is 254 g/mol. The Kier molecular flexibility index (Phi) is 7.01. The van der Waals surface area contributed by atoms with E-state index in [1.54, 1.807) is 0 Å². The number of hydrogen-bond acceptors (Lipinski definition) is 5. The van der Waals surface area contributed by atoms with Crippen LogP contribution < -0.4 is 43.8 Å². The zero-order chi connectivity index (χ0) is 11.4. The molecular formula is C9H11NaO5S. The van der Waals surface area contributed by atoms with Gasteiger partial charge in [0.25, 0.3) is 0 Å². The number of ether oxygens (including phenoxy) is 3. The van der Waals surface area contributed by atoms with E-state index in [0.29, 0.717) is 17.2 Å². The van der Waals surface area contributed by atoms with Crippen LogP contribution in [0.1, 0.15) is 0 Å². The van der Waals surface area contributed by atoms with Crippen LogP contribution in [0.2, 0.25) is 0 Å². The van der Waals surface area contributed by atoms with Crippen molar-refractivity contribution in [2.24, 2.45) is 0 Å². The Morgan fingerprint density at radius 1 is 1.06 bits per heavy atom. The first-order valence-corrected chi connectivity index (χ1v) is 5.10. The summed E-state index contributed by atoms with van der Waals surface area (Å²) < 4.78 is 36.6.